The number of aliphatic carboxylic acids is 1. The van der Waals surface area contributed by atoms with Crippen LogP contribution < -0.4 is 4.74 Å². The Kier molecular flexibility index (Phi) is 5.49. The molecular weight excluding hydrogens is 346 g/mol. The third kappa shape index (κ3) is 4.37. The number of hydrogen-bond donors (Lipinski definition) is 1. The Morgan fingerprint density at radius 3 is 2.42 bits per heavy atom. The van der Waals surface area contributed by atoms with Gasteiger partial charge in [0.25, 0.3) is 0 Å². The van der Waals surface area contributed by atoms with E-state index in [1.165, 1.54) is 11.3 Å². The van der Waals surface area contributed by atoms with Gasteiger partial charge < -0.3 is 9.84 Å². The summed E-state index contributed by atoms with van der Waals surface area (Å²) in [5, 5.41) is 9.98. The molecule has 0 fully saturated rings. The average Bonchev–Trinajstić information content (AvgIpc) is 3.03. The molecular formula is C21H19NO3S. The molecule has 0 atom stereocenters. The molecule has 0 spiro atoms. The molecule has 4 nitrogen and oxygen atoms in total. The molecule has 3 aromatic rings. The van der Waals surface area contributed by atoms with Gasteiger partial charge in [0.1, 0.15) is 10.8 Å². The van der Waals surface area contributed by atoms with Crippen molar-refractivity contribution in [1.29, 1.82) is 0 Å². The Labute approximate surface area is 156 Å². The lowest BCUT2D eigenvalue weighted by atomic mass is 10.1. The van der Waals surface area contributed by atoms with E-state index in [-0.39, 0.29) is 6.42 Å². The molecule has 0 aliphatic rings. The zero-order valence-corrected chi connectivity index (χ0v) is 15.4. The highest BCUT2D eigenvalue weighted by atomic mass is 32.1. The number of ether oxygens (including phenoxy) is 1. The van der Waals surface area contributed by atoms with Gasteiger partial charge in [-0.25, -0.2) is 4.98 Å². The third-order valence-corrected chi connectivity index (χ3v) is 4.91. The van der Waals surface area contributed by atoms with Crippen LogP contribution in [0, 0.1) is 6.92 Å². The molecule has 0 aliphatic heterocycles. The Morgan fingerprint density at radius 2 is 1.81 bits per heavy atom. The van der Waals surface area contributed by atoms with Crippen molar-refractivity contribution in [3.63, 3.8) is 0 Å². The summed E-state index contributed by atoms with van der Waals surface area (Å²) in [6, 6.07) is 15.7. The van der Waals surface area contributed by atoms with Crippen molar-refractivity contribution >= 4 is 29.5 Å². The topological polar surface area (TPSA) is 59.4 Å². The first-order valence-corrected chi connectivity index (χ1v) is 8.97. The predicted molar refractivity (Wildman–Crippen MR) is 106 cm³/mol. The van der Waals surface area contributed by atoms with E-state index in [0.29, 0.717) is 0 Å². The molecule has 3 rings (SSSR count). The zero-order chi connectivity index (χ0) is 18.5. The summed E-state index contributed by atoms with van der Waals surface area (Å²) < 4.78 is 5.16. The summed E-state index contributed by atoms with van der Waals surface area (Å²) in [4.78, 5) is 16.6. The molecule has 0 bridgehead atoms. The number of carboxylic acids is 1. The number of benzene rings is 2. The molecule has 0 aliphatic carbocycles. The molecule has 26 heavy (non-hydrogen) atoms. The number of rotatable bonds is 6. The van der Waals surface area contributed by atoms with Crippen molar-refractivity contribution < 1.29 is 14.6 Å². The number of methoxy groups -OCH3 is 1. The smallest absolute Gasteiger partial charge is 0.308 e. The minimum atomic E-state index is -0.854. The van der Waals surface area contributed by atoms with E-state index in [1.807, 2.05) is 67.6 Å². The van der Waals surface area contributed by atoms with Crippen LogP contribution in [0.5, 0.6) is 5.75 Å². The molecule has 1 N–H and O–H groups in total. The van der Waals surface area contributed by atoms with Crippen LogP contribution in [0.2, 0.25) is 0 Å². The van der Waals surface area contributed by atoms with E-state index in [0.717, 1.165) is 38.0 Å². The van der Waals surface area contributed by atoms with Crippen LogP contribution in [0.1, 0.15) is 21.0 Å². The van der Waals surface area contributed by atoms with Gasteiger partial charge in [0.15, 0.2) is 0 Å². The molecule has 0 saturated carbocycles. The molecule has 1 aromatic heterocycles. The van der Waals surface area contributed by atoms with E-state index >= 15 is 0 Å². The van der Waals surface area contributed by atoms with Crippen molar-refractivity contribution in [3.05, 3.63) is 69.5 Å². The zero-order valence-electron chi connectivity index (χ0n) is 14.6. The van der Waals surface area contributed by atoms with Gasteiger partial charge in [-0.3, -0.25) is 4.79 Å². The Hall–Kier alpha value is -2.92. The fraction of sp³-hybridized carbons (Fsp3) is 0.143. The molecule has 2 aromatic carbocycles. The first-order valence-electron chi connectivity index (χ1n) is 8.16. The van der Waals surface area contributed by atoms with Crippen molar-refractivity contribution in [2.45, 2.75) is 13.3 Å². The van der Waals surface area contributed by atoms with Crippen LogP contribution in [0.4, 0.5) is 0 Å². The third-order valence-electron chi connectivity index (χ3n) is 3.88. The van der Waals surface area contributed by atoms with Crippen LogP contribution in [-0.4, -0.2) is 23.2 Å². The van der Waals surface area contributed by atoms with E-state index in [9.17, 15) is 9.90 Å². The maximum atomic E-state index is 11.2. The van der Waals surface area contributed by atoms with Crippen LogP contribution >= 0.6 is 11.3 Å². The van der Waals surface area contributed by atoms with Crippen molar-refractivity contribution in [1.82, 2.24) is 4.98 Å². The molecule has 0 unspecified atom stereocenters. The number of carbonyl (C=O) groups is 1. The van der Waals surface area contributed by atoms with Gasteiger partial charge in [0.2, 0.25) is 0 Å². The van der Waals surface area contributed by atoms with Crippen LogP contribution in [-0.2, 0) is 11.2 Å². The number of aryl methyl sites for hydroxylation is 1. The minimum Gasteiger partial charge on any atom is -0.497 e. The summed E-state index contributed by atoms with van der Waals surface area (Å²) in [5.74, 6) is -0.0468. The summed E-state index contributed by atoms with van der Waals surface area (Å²) in [6.45, 7) is 2.02. The molecule has 0 amide bonds. The van der Waals surface area contributed by atoms with Gasteiger partial charge in [-0.05, 0) is 30.7 Å². The summed E-state index contributed by atoms with van der Waals surface area (Å²) in [7, 11) is 1.64. The second-order valence-corrected chi connectivity index (χ2v) is 6.98. The number of hydrogen-bond acceptors (Lipinski definition) is 4. The Morgan fingerprint density at radius 1 is 1.12 bits per heavy atom. The van der Waals surface area contributed by atoms with Crippen molar-refractivity contribution in [3.8, 4) is 17.0 Å². The fourth-order valence-electron chi connectivity index (χ4n) is 2.52. The van der Waals surface area contributed by atoms with Gasteiger partial charge >= 0.3 is 5.97 Å². The number of aromatic nitrogens is 1. The van der Waals surface area contributed by atoms with E-state index in [2.05, 4.69) is 4.98 Å². The first kappa shape index (κ1) is 17.9. The lowest BCUT2D eigenvalue weighted by Gasteiger charge is -2.01. The maximum absolute atomic E-state index is 11.2. The molecule has 1 heterocycles. The van der Waals surface area contributed by atoms with Crippen LogP contribution in [0.25, 0.3) is 23.4 Å². The van der Waals surface area contributed by atoms with Gasteiger partial charge in [-0.15, -0.1) is 11.3 Å². The maximum Gasteiger partial charge on any atom is 0.308 e. The van der Waals surface area contributed by atoms with E-state index in [4.69, 9.17) is 4.74 Å². The standard InChI is InChI=1S/C21H19NO3S/c1-14-3-8-16(9-4-14)21-18(13-20(23)24)26-19(22-21)12-7-15-5-10-17(25-2)11-6-15/h3-12H,13H2,1-2H3,(H,23,24)/b12-7+. The Bertz CT molecular complexity index is 925. The van der Waals surface area contributed by atoms with Crippen LogP contribution in [0.3, 0.4) is 0 Å². The molecule has 5 heteroatoms. The normalized spacial score (nSPS) is 11.0. The first-order chi connectivity index (χ1) is 12.5. The second kappa shape index (κ2) is 7.97. The van der Waals surface area contributed by atoms with Crippen molar-refractivity contribution in [2.24, 2.45) is 0 Å². The van der Waals surface area contributed by atoms with Gasteiger partial charge in [0.05, 0.1) is 19.2 Å². The van der Waals surface area contributed by atoms with E-state index < -0.39 is 5.97 Å². The average molecular weight is 365 g/mol. The molecule has 132 valence electrons. The monoisotopic (exact) mass is 365 g/mol. The largest absolute Gasteiger partial charge is 0.497 e. The molecule has 0 radical (unpaired) electrons. The number of carboxylic acid groups (broad SMARTS) is 1. The SMILES string of the molecule is COc1ccc(/C=C/c2nc(-c3ccc(C)cc3)c(CC(=O)O)s2)cc1. The van der Waals surface area contributed by atoms with Gasteiger partial charge in [0, 0.05) is 10.4 Å². The highest BCUT2D eigenvalue weighted by Gasteiger charge is 2.14. The van der Waals surface area contributed by atoms with Crippen LogP contribution in [0.15, 0.2) is 48.5 Å². The fourth-order valence-corrected chi connectivity index (χ4v) is 3.50. The van der Waals surface area contributed by atoms with Gasteiger partial charge in [-0.1, -0.05) is 48.0 Å². The quantitative estimate of drug-likeness (QED) is 0.673. The van der Waals surface area contributed by atoms with Gasteiger partial charge in [-0.2, -0.15) is 0 Å². The summed E-state index contributed by atoms with van der Waals surface area (Å²) >= 11 is 1.41. The lowest BCUT2D eigenvalue weighted by Crippen LogP contribution is -1.99. The van der Waals surface area contributed by atoms with Crippen molar-refractivity contribution in [2.75, 3.05) is 7.11 Å². The predicted octanol–water partition coefficient (Wildman–Crippen LogP) is 4.92. The number of thiazole rings is 1. The highest BCUT2D eigenvalue weighted by molar-refractivity contribution is 7.13. The Balaban J connectivity index is 1.90. The second-order valence-electron chi connectivity index (χ2n) is 5.87. The minimum absolute atomic E-state index is 0.0305. The summed E-state index contributed by atoms with van der Waals surface area (Å²) in [6.07, 6.45) is 3.84. The molecule has 0 saturated heterocycles. The summed E-state index contributed by atoms with van der Waals surface area (Å²) in [5.41, 5.74) is 3.86. The van der Waals surface area contributed by atoms with E-state index in [1.54, 1.807) is 7.11 Å². The number of nitrogens with zero attached hydrogens (tertiary/aromatic N) is 1. The highest BCUT2D eigenvalue weighted by Crippen LogP contribution is 2.30. The lowest BCUT2D eigenvalue weighted by molar-refractivity contribution is -0.136.